The molecule has 0 aliphatic carbocycles. The van der Waals surface area contributed by atoms with Crippen LogP contribution in [0.1, 0.15) is 5.69 Å². The summed E-state index contributed by atoms with van der Waals surface area (Å²) < 4.78 is 1.08. The number of fused-ring (bicyclic) bond motifs is 1. The highest BCUT2D eigenvalue weighted by Crippen LogP contribution is 2.34. The molecule has 0 amide bonds. The van der Waals surface area contributed by atoms with Crippen molar-refractivity contribution in [2.45, 2.75) is 6.92 Å². The summed E-state index contributed by atoms with van der Waals surface area (Å²) in [6.07, 6.45) is 1.61. The Balaban J connectivity index is 1.50. The van der Waals surface area contributed by atoms with Gasteiger partial charge in [-0.1, -0.05) is 0 Å². The quantitative estimate of drug-likeness (QED) is 0.818. The number of aromatic nitrogens is 4. The standard InChI is InChI=1S/C16H20N6O2/c1-10-3-13(18-9-17-10)21-5-11-7-22(8-12(11)6-21)14-4-15(23)20(2)16(24)19-14/h3-4,9,11-12H,5-8H2,1-2H3,(H,19,24). The van der Waals surface area contributed by atoms with Gasteiger partial charge >= 0.3 is 5.69 Å². The molecule has 2 aromatic rings. The van der Waals surface area contributed by atoms with Crippen molar-refractivity contribution in [1.29, 1.82) is 0 Å². The fraction of sp³-hybridized carbons (Fsp3) is 0.500. The second kappa shape index (κ2) is 5.47. The molecule has 1 N–H and O–H groups in total. The summed E-state index contributed by atoms with van der Waals surface area (Å²) in [5.74, 6) is 2.62. The van der Waals surface area contributed by atoms with E-state index in [0.717, 1.165) is 42.3 Å². The maximum Gasteiger partial charge on any atom is 0.329 e. The Bertz CT molecular complexity index is 843. The van der Waals surface area contributed by atoms with Crippen LogP contribution in [0.2, 0.25) is 0 Å². The number of nitrogens with zero attached hydrogens (tertiary/aromatic N) is 5. The van der Waals surface area contributed by atoms with Crippen molar-refractivity contribution in [3.05, 3.63) is 45.0 Å². The molecule has 4 rings (SSSR count). The highest BCUT2D eigenvalue weighted by Gasteiger charge is 2.40. The molecule has 4 heterocycles. The number of aryl methyl sites for hydroxylation is 1. The van der Waals surface area contributed by atoms with Crippen LogP contribution in [-0.4, -0.2) is 45.7 Å². The second-order valence-corrected chi connectivity index (χ2v) is 6.70. The van der Waals surface area contributed by atoms with E-state index in [1.807, 2.05) is 13.0 Å². The number of rotatable bonds is 2. The van der Waals surface area contributed by atoms with Crippen LogP contribution in [0.25, 0.3) is 0 Å². The number of aromatic amines is 1. The Kier molecular flexibility index (Phi) is 3.40. The van der Waals surface area contributed by atoms with Gasteiger partial charge in [0.1, 0.15) is 18.0 Å². The van der Waals surface area contributed by atoms with Gasteiger partial charge in [0.05, 0.1) is 0 Å². The molecule has 0 aromatic carbocycles. The lowest BCUT2D eigenvalue weighted by molar-refractivity contribution is 0.533. The Labute approximate surface area is 138 Å². The molecule has 2 atom stereocenters. The molecule has 2 aliphatic heterocycles. The van der Waals surface area contributed by atoms with Crippen LogP contribution in [0.15, 0.2) is 28.0 Å². The molecule has 2 saturated heterocycles. The van der Waals surface area contributed by atoms with Crippen molar-refractivity contribution in [2.24, 2.45) is 18.9 Å². The molecule has 2 fully saturated rings. The molecule has 126 valence electrons. The number of H-pyrrole nitrogens is 1. The van der Waals surface area contributed by atoms with E-state index < -0.39 is 0 Å². The first-order chi connectivity index (χ1) is 11.5. The molecular weight excluding hydrogens is 308 g/mol. The minimum absolute atomic E-state index is 0.274. The summed E-state index contributed by atoms with van der Waals surface area (Å²) in [5, 5.41) is 0. The average molecular weight is 328 g/mol. The third-order valence-corrected chi connectivity index (χ3v) is 5.07. The Hall–Kier alpha value is -2.64. The van der Waals surface area contributed by atoms with Gasteiger partial charge in [0.2, 0.25) is 0 Å². The Morgan fingerprint density at radius 2 is 1.71 bits per heavy atom. The Morgan fingerprint density at radius 3 is 2.33 bits per heavy atom. The summed E-state index contributed by atoms with van der Waals surface area (Å²) in [5.41, 5.74) is 0.327. The summed E-state index contributed by atoms with van der Waals surface area (Å²) in [4.78, 5) is 39.3. The van der Waals surface area contributed by atoms with Crippen LogP contribution in [0, 0.1) is 18.8 Å². The van der Waals surface area contributed by atoms with Gasteiger partial charge in [-0.3, -0.25) is 14.3 Å². The first-order valence-corrected chi connectivity index (χ1v) is 8.10. The van der Waals surface area contributed by atoms with Gasteiger partial charge in [-0.2, -0.15) is 0 Å². The van der Waals surface area contributed by atoms with Crippen molar-refractivity contribution < 1.29 is 0 Å². The molecule has 0 saturated carbocycles. The zero-order valence-corrected chi connectivity index (χ0v) is 13.8. The van der Waals surface area contributed by atoms with Crippen LogP contribution >= 0.6 is 0 Å². The SMILES string of the molecule is Cc1cc(N2CC3CN(c4cc(=O)n(C)c(=O)[nH]4)CC3C2)ncn1. The van der Waals surface area contributed by atoms with E-state index in [1.165, 1.54) is 13.1 Å². The monoisotopic (exact) mass is 328 g/mol. The van der Waals surface area contributed by atoms with Crippen molar-refractivity contribution in [3.63, 3.8) is 0 Å². The van der Waals surface area contributed by atoms with Crippen molar-refractivity contribution in [1.82, 2.24) is 19.5 Å². The smallest absolute Gasteiger partial charge is 0.329 e. The molecule has 0 bridgehead atoms. The zero-order chi connectivity index (χ0) is 16.8. The highest BCUT2D eigenvalue weighted by molar-refractivity contribution is 5.44. The maximum absolute atomic E-state index is 11.8. The summed E-state index contributed by atoms with van der Waals surface area (Å²) in [6, 6.07) is 3.52. The molecule has 2 aliphatic rings. The van der Waals surface area contributed by atoms with Gasteiger partial charge in [0.25, 0.3) is 5.56 Å². The second-order valence-electron chi connectivity index (χ2n) is 6.70. The molecule has 8 nitrogen and oxygen atoms in total. The third-order valence-electron chi connectivity index (χ3n) is 5.07. The normalized spacial score (nSPS) is 22.9. The molecule has 0 spiro atoms. The minimum atomic E-state index is -0.368. The summed E-state index contributed by atoms with van der Waals surface area (Å²) >= 11 is 0. The van der Waals surface area contributed by atoms with Gasteiger partial charge in [0, 0.05) is 62.9 Å². The lowest BCUT2D eigenvalue weighted by Gasteiger charge is -2.23. The first kappa shape index (κ1) is 14.9. The van der Waals surface area contributed by atoms with E-state index in [1.54, 1.807) is 6.33 Å². The largest absolute Gasteiger partial charge is 0.357 e. The number of hydrogen-bond acceptors (Lipinski definition) is 6. The number of nitrogens with one attached hydrogen (secondary N) is 1. The van der Waals surface area contributed by atoms with Crippen LogP contribution in [0.3, 0.4) is 0 Å². The molecule has 2 aromatic heterocycles. The summed E-state index contributed by atoms with van der Waals surface area (Å²) in [7, 11) is 1.48. The number of anilines is 2. The minimum Gasteiger partial charge on any atom is -0.357 e. The fourth-order valence-corrected chi connectivity index (χ4v) is 3.70. The van der Waals surface area contributed by atoms with Gasteiger partial charge in [-0.15, -0.1) is 0 Å². The van der Waals surface area contributed by atoms with Crippen LogP contribution in [0.5, 0.6) is 0 Å². The van der Waals surface area contributed by atoms with E-state index in [-0.39, 0.29) is 11.2 Å². The topological polar surface area (TPSA) is 87.1 Å². The van der Waals surface area contributed by atoms with Gasteiger partial charge < -0.3 is 9.80 Å². The fourth-order valence-electron chi connectivity index (χ4n) is 3.70. The van der Waals surface area contributed by atoms with Crippen LogP contribution < -0.4 is 21.0 Å². The van der Waals surface area contributed by atoms with Gasteiger partial charge in [-0.05, 0) is 6.92 Å². The molecule has 24 heavy (non-hydrogen) atoms. The molecular formula is C16H20N6O2. The van der Waals surface area contributed by atoms with E-state index >= 15 is 0 Å². The van der Waals surface area contributed by atoms with Crippen LogP contribution in [-0.2, 0) is 7.05 Å². The zero-order valence-electron chi connectivity index (χ0n) is 13.8. The van der Waals surface area contributed by atoms with Crippen LogP contribution in [0.4, 0.5) is 11.6 Å². The first-order valence-electron chi connectivity index (χ1n) is 8.10. The van der Waals surface area contributed by atoms with Crippen molar-refractivity contribution >= 4 is 11.6 Å². The van der Waals surface area contributed by atoms with Crippen molar-refractivity contribution in [3.8, 4) is 0 Å². The predicted molar refractivity (Wildman–Crippen MR) is 90.5 cm³/mol. The third kappa shape index (κ3) is 2.47. The van der Waals surface area contributed by atoms with Gasteiger partial charge in [-0.25, -0.2) is 14.8 Å². The average Bonchev–Trinajstić information content (AvgIpc) is 3.11. The summed E-state index contributed by atoms with van der Waals surface area (Å²) in [6.45, 7) is 5.53. The van der Waals surface area contributed by atoms with Crippen molar-refractivity contribution in [2.75, 3.05) is 36.0 Å². The lowest BCUT2D eigenvalue weighted by Crippen LogP contribution is -2.36. The van der Waals surface area contributed by atoms with E-state index in [9.17, 15) is 9.59 Å². The molecule has 0 radical (unpaired) electrons. The molecule has 2 unspecified atom stereocenters. The highest BCUT2D eigenvalue weighted by atomic mass is 16.2. The Morgan fingerprint density at radius 1 is 1.04 bits per heavy atom. The van der Waals surface area contributed by atoms with E-state index in [2.05, 4.69) is 24.8 Å². The lowest BCUT2D eigenvalue weighted by atomic mass is 10.0. The molecule has 8 heteroatoms. The maximum atomic E-state index is 11.8. The van der Waals surface area contributed by atoms with E-state index in [4.69, 9.17) is 0 Å². The van der Waals surface area contributed by atoms with Gasteiger partial charge in [0.15, 0.2) is 0 Å². The predicted octanol–water partition coefficient (Wildman–Crippen LogP) is -0.255. The number of hydrogen-bond donors (Lipinski definition) is 1. The van der Waals surface area contributed by atoms with E-state index in [0.29, 0.717) is 17.7 Å².